The van der Waals surface area contributed by atoms with Gasteiger partial charge in [-0.15, -0.1) is 0 Å². The highest BCUT2D eigenvalue weighted by Crippen LogP contribution is 2.33. The molecule has 4 heteroatoms. The molecular formula is C13H24N4. The van der Waals surface area contributed by atoms with Crippen molar-refractivity contribution in [1.82, 2.24) is 20.1 Å². The molecule has 2 unspecified atom stereocenters. The molecule has 0 radical (unpaired) electrons. The van der Waals surface area contributed by atoms with E-state index >= 15 is 0 Å². The van der Waals surface area contributed by atoms with Crippen LogP contribution in [0.3, 0.4) is 0 Å². The van der Waals surface area contributed by atoms with Gasteiger partial charge in [-0.05, 0) is 44.7 Å². The van der Waals surface area contributed by atoms with E-state index in [1.807, 2.05) is 4.68 Å². The summed E-state index contributed by atoms with van der Waals surface area (Å²) in [6.07, 6.45) is 6.89. The number of hydrogen-bond donors (Lipinski definition) is 1. The van der Waals surface area contributed by atoms with Crippen LogP contribution in [-0.4, -0.2) is 27.9 Å². The summed E-state index contributed by atoms with van der Waals surface area (Å²) >= 11 is 0. The molecule has 96 valence electrons. The van der Waals surface area contributed by atoms with Gasteiger partial charge in [-0.3, -0.25) is 4.68 Å². The zero-order valence-corrected chi connectivity index (χ0v) is 11.0. The van der Waals surface area contributed by atoms with Crippen molar-refractivity contribution in [2.24, 2.45) is 11.8 Å². The van der Waals surface area contributed by atoms with Crippen molar-refractivity contribution in [2.45, 2.75) is 46.1 Å². The minimum Gasteiger partial charge on any atom is -0.317 e. The fourth-order valence-corrected chi connectivity index (χ4v) is 2.93. The second kappa shape index (κ2) is 6.15. The van der Waals surface area contributed by atoms with Gasteiger partial charge >= 0.3 is 0 Å². The summed E-state index contributed by atoms with van der Waals surface area (Å²) in [7, 11) is 0. The molecule has 1 aromatic heterocycles. The topological polar surface area (TPSA) is 42.7 Å². The lowest BCUT2D eigenvalue weighted by Crippen LogP contribution is -2.26. The van der Waals surface area contributed by atoms with Gasteiger partial charge in [0.25, 0.3) is 0 Å². The first-order chi connectivity index (χ1) is 8.35. The SMILES string of the molecule is CCNCC1CCCC1Cc1ncnn1CC. The summed E-state index contributed by atoms with van der Waals surface area (Å²) in [6.45, 7) is 7.48. The molecule has 1 aliphatic rings. The van der Waals surface area contributed by atoms with E-state index in [0.717, 1.165) is 31.3 Å². The van der Waals surface area contributed by atoms with E-state index in [0.29, 0.717) is 0 Å². The van der Waals surface area contributed by atoms with E-state index in [2.05, 4.69) is 29.2 Å². The Kier molecular flexibility index (Phi) is 4.54. The van der Waals surface area contributed by atoms with Crippen LogP contribution in [-0.2, 0) is 13.0 Å². The van der Waals surface area contributed by atoms with Crippen molar-refractivity contribution in [3.8, 4) is 0 Å². The molecule has 0 amide bonds. The Morgan fingerprint density at radius 1 is 1.35 bits per heavy atom. The van der Waals surface area contributed by atoms with E-state index in [1.165, 1.54) is 31.6 Å². The molecule has 1 aromatic rings. The van der Waals surface area contributed by atoms with Crippen LogP contribution in [0.25, 0.3) is 0 Å². The van der Waals surface area contributed by atoms with E-state index in [9.17, 15) is 0 Å². The number of hydrogen-bond acceptors (Lipinski definition) is 3. The fraction of sp³-hybridized carbons (Fsp3) is 0.846. The monoisotopic (exact) mass is 236 g/mol. The third kappa shape index (κ3) is 3.06. The Morgan fingerprint density at radius 3 is 2.94 bits per heavy atom. The predicted octanol–water partition coefficient (Wildman–Crippen LogP) is 1.87. The first-order valence-electron chi connectivity index (χ1n) is 6.92. The van der Waals surface area contributed by atoms with Crippen LogP contribution in [0, 0.1) is 11.8 Å². The molecule has 0 aromatic carbocycles. The van der Waals surface area contributed by atoms with Crippen LogP contribution in [0.2, 0.25) is 0 Å². The van der Waals surface area contributed by atoms with E-state index < -0.39 is 0 Å². The van der Waals surface area contributed by atoms with Gasteiger partial charge in [0.15, 0.2) is 0 Å². The summed E-state index contributed by atoms with van der Waals surface area (Å²) in [4.78, 5) is 4.40. The first kappa shape index (κ1) is 12.6. The average Bonchev–Trinajstić information content (AvgIpc) is 2.96. The van der Waals surface area contributed by atoms with Gasteiger partial charge < -0.3 is 5.32 Å². The van der Waals surface area contributed by atoms with Gasteiger partial charge in [-0.25, -0.2) is 4.98 Å². The number of nitrogens with one attached hydrogen (secondary N) is 1. The van der Waals surface area contributed by atoms with E-state index in [1.54, 1.807) is 6.33 Å². The van der Waals surface area contributed by atoms with Crippen molar-refractivity contribution < 1.29 is 0 Å². The zero-order valence-electron chi connectivity index (χ0n) is 11.0. The van der Waals surface area contributed by atoms with Crippen molar-refractivity contribution in [3.63, 3.8) is 0 Å². The number of aromatic nitrogens is 3. The molecular weight excluding hydrogens is 212 g/mol. The predicted molar refractivity (Wildman–Crippen MR) is 68.8 cm³/mol. The summed E-state index contributed by atoms with van der Waals surface area (Å²) in [5.41, 5.74) is 0. The minimum absolute atomic E-state index is 0.795. The van der Waals surface area contributed by atoms with Crippen LogP contribution in [0.4, 0.5) is 0 Å². The molecule has 0 saturated heterocycles. The molecule has 1 saturated carbocycles. The quantitative estimate of drug-likeness (QED) is 0.820. The summed E-state index contributed by atoms with van der Waals surface area (Å²) in [6, 6.07) is 0. The fourth-order valence-electron chi connectivity index (χ4n) is 2.93. The molecule has 2 atom stereocenters. The zero-order chi connectivity index (χ0) is 12.1. The third-order valence-electron chi connectivity index (χ3n) is 3.91. The highest BCUT2D eigenvalue weighted by Gasteiger charge is 2.28. The van der Waals surface area contributed by atoms with Crippen molar-refractivity contribution >= 4 is 0 Å². The maximum absolute atomic E-state index is 4.40. The second-order valence-corrected chi connectivity index (χ2v) is 4.95. The molecule has 1 aliphatic carbocycles. The molecule has 1 N–H and O–H groups in total. The largest absolute Gasteiger partial charge is 0.317 e. The van der Waals surface area contributed by atoms with E-state index in [-0.39, 0.29) is 0 Å². The highest BCUT2D eigenvalue weighted by molar-refractivity contribution is 4.91. The van der Waals surface area contributed by atoms with E-state index in [4.69, 9.17) is 0 Å². The maximum Gasteiger partial charge on any atom is 0.138 e. The van der Waals surface area contributed by atoms with Gasteiger partial charge in [-0.2, -0.15) is 5.10 Å². The van der Waals surface area contributed by atoms with Gasteiger partial charge in [0.1, 0.15) is 12.2 Å². The molecule has 1 heterocycles. The lowest BCUT2D eigenvalue weighted by molar-refractivity contribution is 0.357. The highest BCUT2D eigenvalue weighted by atomic mass is 15.3. The van der Waals surface area contributed by atoms with Gasteiger partial charge in [0.05, 0.1) is 0 Å². The number of nitrogens with zero attached hydrogens (tertiary/aromatic N) is 3. The Balaban J connectivity index is 1.93. The van der Waals surface area contributed by atoms with Crippen molar-refractivity contribution in [1.29, 1.82) is 0 Å². The van der Waals surface area contributed by atoms with Gasteiger partial charge in [0.2, 0.25) is 0 Å². The summed E-state index contributed by atoms with van der Waals surface area (Å²) in [5, 5.41) is 7.74. The minimum atomic E-state index is 0.795. The Morgan fingerprint density at radius 2 is 2.18 bits per heavy atom. The molecule has 4 nitrogen and oxygen atoms in total. The van der Waals surface area contributed by atoms with Crippen LogP contribution in [0.1, 0.15) is 38.9 Å². The van der Waals surface area contributed by atoms with Crippen LogP contribution in [0.15, 0.2) is 6.33 Å². The van der Waals surface area contributed by atoms with Gasteiger partial charge in [0, 0.05) is 13.0 Å². The lowest BCUT2D eigenvalue weighted by atomic mass is 9.92. The summed E-state index contributed by atoms with van der Waals surface area (Å²) in [5.74, 6) is 2.79. The smallest absolute Gasteiger partial charge is 0.138 e. The number of aryl methyl sites for hydroxylation is 1. The molecule has 0 bridgehead atoms. The molecule has 2 rings (SSSR count). The Bertz CT molecular complexity index is 334. The van der Waals surface area contributed by atoms with Crippen LogP contribution < -0.4 is 5.32 Å². The lowest BCUT2D eigenvalue weighted by Gasteiger charge is -2.19. The Labute approximate surface area is 104 Å². The third-order valence-corrected chi connectivity index (χ3v) is 3.91. The average molecular weight is 236 g/mol. The van der Waals surface area contributed by atoms with Gasteiger partial charge in [-0.1, -0.05) is 13.3 Å². The van der Waals surface area contributed by atoms with Crippen molar-refractivity contribution in [2.75, 3.05) is 13.1 Å². The van der Waals surface area contributed by atoms with Crippen molar-refractivity contribution in [3.05, 3.63) is 12.2 Å². The van der Waals surface area contributed by atoms with Crippen LogP contribution >= 0.6 is 0 Å². The second-order valence-electron chi connectivity index (χ2n) is 4.95. The standard InChI is InChI=1S/C13H24N4/c1-3-14-9-12-7-5-6-11(12)8-13-15-10-16-17(13)4-2/h10-12,14H,3-9H2,1-2H3. The molecule has 0 spiro atoms. The Hall–Kier alpha value is -0.900. The number of rotatable bonds is 6. The molecule has 17 heavy (non-hydrogen) atoms. The molecule has 0 aliphatic heterocycles. The molecule has 1 fully saturated rings. The van der Waals surface area contributed by atoms with Crippen LogP contribution in [0.5, 0.6) is 0 Å². The normalized spacial score (nSPS) is 24.4. The summed E-state index contributed by atoms with van der Waals surface area (Å²) < 4.78 is 2.03. The first-order valence-corrected chi connectivity index (χ1v) is 6.92. The maximum atomic E-state index is 4.40.